The molecule has 4 aromatic heterocycles. The van der Waals surface area contributed by atoms with Crippen molar-refractivity contribution in [2.75, 3.05) is 36.8 Å². The number of carbonyl (C=O) groups excluding carboxylic acids is 2. The van der Waals surface area contributed by atoms with Crippen LogP contribution in [0.5, 0.6) is 23.3 Å². The molecule has 0 radical (unpaired) electrons. The highest BCUT2D eigenvalue weighted by atomic mass is 16.5. The van der Waals surface area contributed by atoms with Crippen molar-refractivity contribution in [3.8, 4) is 23.3 Å². The Morgan fingerprint density at radius 3 is 1.33 bits per heavy atom. The number of pyridine rings is 4. The van der Waals surface area contributed by atoms with Crippen molar-refractivity contribution in [2.45, 2.75) is 51.4 Å². The van der Waals surface area contributed by atoms with Gasteiger partial charge in [0.15, 0.2) is 0 Å². The highest BCUT2D eigenvalue weighted by molar-refractivity contribution is 5.74. The van der Waals surface area contributed by atoms with Crippen LogP contribution in [0.4, 0.5) is 23.0 Å². The Kier molecular flexibility index (Phi) is 13.2. The van der Waals surface area contributed by atoms with Crippen molar-refractivity contribution < 1.29 is 19.1 Å². The Balaban J connectivity index is 0.000000177. The molecule has 2 aliphatic rings. The number of aromatic nitrogens is 4. The number of amides is 2. The number of likely N-dealkylation sites (tertiary alicyclic amines) is 2. The summed E-state index contributed by atoms with van der Waals surface area (Å²) < 4.78 is 12.2. The number of hydrogen-bond acceptors (Lipinski definition) is 10. The topological polar surface area (TPSA) is 135 Å². The van der Waals surface area contributed by atoms with Crippen molar-refractivity contribution >= 4 is 34.8 Å². The van der Waals surface area contributed by atoms with E-state index in [0.29, 0.717) is 24.8 Å². The molecule has 2 saturated heterocycles. The van der Waals surface area contributed by atoms with Crippen LogP contribution in [0.2, 0.25) is 0 Å². The lowest BCUT2D eigenvalue weighted by molar-refractivity contribution is -0.130. The molecule has 2 aromatic carbocycles. The van der Waals surface area contributed by atoms with Gasteiger partial charge in [-0.2, -0.15) is 0 Å². The molecule has 2 fully saturated rings. The van der Waals surface area contributed by atoms with Gasteiger partial charge in [0.25, 0.3) is 0 Å². The maximum Gasteiger partial charge on any atom is 0.222 e. The first-order chi connectivity index (χ1) is 28.4. The van der Waals surface area contributed by atoms with Gasteiger partial charge in [-0.3, -0.25) is 9.59 Å². The number of benzene rings is 2. The number of piperidine rings is 2. The number of nitrogens with one attached hydrogen (secondary N) is 2. The van der Waals surface area contributed by atoms with Crippen LogP contribution in [0.25, 0.3) is 0 Å². The summed E-state index contributed by atoms with van der Waals surface area (Å²) in [5.41, 5.74) is 3.96. The van der Waals surface area contributed by atoms with Crippen LogP contribution in [0.1, 0.15) is 62.5 Å². The molecule has 2 N–H and O–H groups in total. The normalized spacial score (nSPS) is 16.3. The van der Waals surface area contributed by atoms with Gasteiger partial charge >= 0.3 is 0 Å². The van der Waals surface area contributed by atoms with Gasteiger partial charge in [0.05, 0.1) is 0 Å². The van der Waals surface area contributed by atoms with Gasteiger partial charge in [-0.05, 0) is 111 Å². The van der Waals surface area contributed by atoms with Crippen LogP contribution in [0.15, 0.2) is 134 Å². The van der Waals surface area contributed by atoms with E-state index in [1.807, 2.05) is 119 Å². The van der Waals surface area contributed by atoms with Crippen molar-refractivity contribution in [3.05, 3.63) is 145 Å². The van der Waals surface area contributed by atoms with Crippen LogP contribution in [-0.2, 0) is 9.59 Å². The van der Waals surface area contributed by atoms with Gasteiger partial charge < -0.3 is 29.9 Å². The third kappa shape index (κ3) is 10.7. The molecule has 0 bridgehead atoms. The molecule has 296 valence electrons. The maximum atomic E-state index is 11.8. The fourth-order valence-electron chi connectivity index (χ4n) is 7.24. The van der Waals surface area contributed by atoms with E-state index in [9.17, 15) is 9.59 Å². The summed E-state index contributed by atoms with van der Waals surface area (Å²) in [6, 6.07) is 34.9. The average molecular weight is 777 g/mol. The number of anilines is 4. The molecule has 2 aliphatic heterocycles. The lowest BCUT2D eigenvalue weighted by Crippen LogP contribution is -2.37. The van der Waals surface area contributed by atoms with E-state index < -0.39 is 0 Å². The molecule has 12 nitrogen and oxygen atoms in total. The third-order valence-electron chi connectivity index (χ3n) is 10.2. The molecular weight excluding hydrogens is 729 g/mol. The summed E-state index contributed by atoms with van der Waals surface area (Å²) in [5.74, 6) is 4.95. The van der Waals surface area contributed by atoms with Crippen molar-refractivity contribution in [1.29, 1.82) is 0 Å². The number of nitrogens with zero attached hydrogens (tertiary/aromatic N) is 6. The lowest BCUT2D eigenvalue weighted by Gasteiger charge is -2.32. The first-order valence-electron chi connectivity index (χ1n) is 19.7. The molecular formula is C46H48N8O4. The van der Waals surface area contributed by atoms with Gasteiger partial charge in [0.2, 0.25) is 23.6 Å². The predicted octanol–water partition coefficient (Wildman–Crippen LogP) is 9.48. The second-order valence-electron chi connectivity index (χ2n) is 14.3. The zero-order valence-corrected chi connectivity index (χ0v) is 32.8. The minimum Gasteiger partial charge on any atom is -0.439 e. The van der Waals surface area contributed by atoms with Gasteiger partial charge in [-0.1, -0.05) is 24.3 Å². The Morgan fingerprint density at radius 1 is 0.534 bits per heavy atom. The van der Waals surface area contributed by atoms with Gasteiger partial charge in [0.1, 0.15) is 23.1 Å². The summed E-state index contributed by atoms with van der Waals surface area (Å²) in [4.78, 5) is 44.8. The Hall–Kier alpha value is -6.82. The summed E-state index contributed by atoms with van der Waals surface area (Å²) in [6.45, 7) is 6.34. The Labute approximate surface area is 339 Å². The SMILES string of the molecule is CC(=O)N1CCCC(c2cccnc2Oc2ccc(Nc3ccccn3)cc2)C1.CC(=O)N1CCCC(c2cccnc2Oc2ccc(Nc3ccccn3)cc2)C1. The fourth-order valence-corrected chi connectivity index (χ4v) is 7.24. The minimum absolute atomic E-state index is 0.122. The van der Waals surface area contributed by atoms with E-state index in [0.717, 1.165) is 84.4 Å². The third-order valence-corrected chi connectivity index (χ3v) is 10.2. The molecule has 6 heterocycles. The first kappa shape index (κ1) is 39.4. The molecule has 2 unspecified atom stereocenters. The smallest absolute Gasteiger partial charge is 0.222 e. The summed E-state index contributed by atoms with van der Waals surface area (Å²) >= 11 is 0. The van der Waals surface area contributed by atoms with E-state index in [4.69, 9.17) is 9.47 Å². The minimum atomic E-state index is 0.122. The summed E-state index contributed by atoms with van der Waals surface area (Å²) in [5, 5.41) is 6.51. The maximum absolute atomic E-state index is 11.8. The highest BCUT2D eigenvalue weighted by Crippen LogP contribution is 2.36. The van der Waals surface area contributed by atoms with Crippen molar-refractivity contribution in [2.24, 2.45) is 0 Å². The molecule has 0 saturated carbocycles. The van der Waals surface area contributed by atoms with Crippen molar-refractivity contribution in [1.82, 2.24) is 29.7 Å². The average Bonchev–Trinajstić information content (AvgIpc) is 3.26. The van der Waals surface area contributed by atoms with Crippen LogP contribution < -0.4 is 20.1 Å². The zero-order chi connectivity index (χ0) is 40.1. The van der Waals surface area contributed by atoms with Gasteiger partial charge in [0, 0.05) is 99.2 Å². The van der Waals surface area contributed by atoms with E-state index in [2.05, 4.69) is 30.6 Å². The predicted molar refractivity (Wildman–Crippen MR) is 225 cm³/mol. The van der Waals surface area contributed by atoms with E-state index >= 15 is 0 Å². The van der Waals surface area contributed by atoms with Crippen molar-refractivity contribution in [3.63, 3.8) is 0 Å². The summed E-state index contributed by atoms with van der Waals surface area (Å²) in [7, 11) is 0. The number of hydrogen-bond donors (Lipinski definition) is 2. The molecule has 0 aliphatic carbocycles. The first-order valence-corrected chi connectivity index (χ1v) is 19.7. The number of rotatable bonds is 10. The molecule has 8 rings (SSSR count). The highest BCUT2D eigenvalue weighted by Gasteiger charge is 2.27. The monoisotopic (exact) mass is 776 g/mol. The number of ether oxygens (including phenoxy) is 2. The summed E-state index contributed by atoms with van der Waals surface area (Å²) in [6.07, 6.45) is 11.0. The molecule has 6 aromatic rings. The second kappa shape index (κ2) is 19.4. The standard InChI is InChI=1S/2C23H24N4O2/c2*1-17(28)27-15-5-6-18(16-27)21-7-4-14-25-23(21)29-20-11-9-19(10-12-20)26-22-8-2-3-13-24-22/h2*2-4,7-14,18H,5-6,15-16H2,1H3,(H,24,26). The van der Waals surface area contributed by atoms with E-state index in [1.165, 1.54) is 0 Å². The number of carbonyl (C=O) groups is 2. The molecule has 2 amide bonds. The van der Waals surface area contributed by atoms with Crippen LogP contribution >= 0.6 is 0 Å². The molecule has 2 atom stereocenters. The molecule has 58 heavy (non-hydrogen) atoms. The van der Waals surface area contributed by atoms with Gasteiger partial charge in [-0.25, -0.2) is 19.9 Å². The van der Waals surface area contributed by atoms with Crippen LogP contribution in [-0.4, -0.2) is 67.7 Å². The quantitative estimate of drug-likeness (QED) is 0.139. The zero-order valence-electron chi connectivity index (χ0n) is 32.8. The van der Waals surface area contributed by atoms with Gasteiger partial charge in [-0.15, -0.1) is 0 Å². The largest absolute Gasteiger partial charge is 0.439 e. The van der Waals surface area contributed by atoms with E-state index in [1.54, 1.807) is 38.6 Å². The second-order valence-corrected chi connectivity index (χ2v) is 14.3. The lowest BCUT2D eigenvalue weighted by atomic mass is 9.91. The molecule has 0 spiro atoms. The molecule has 12 heteroatoms. The van der Waals surface area contributed by atoms with Crippen LogP contribution in [0, 0.1) is 0 Å². The van der Waals surface area contributed by atoms with E-state index in [-0.39, 0.29) is 23.7 Å². The Bertz CT molecular complexity index is 2080. The Morgan fingerprint density at radius 2 is 0.948 bits per heavy atom. The van der Waals surface area contributed by atoms with Crippen LogP contribution in [0.3, 0.4) is 0 Å². The fraction of sp³-hybridized carbons (Fsp3) is 0.261.